The van der Waals surface area contributed by atoms with Crippen molar-refractivity contribution in [3.63, 3.8) is 0 Å². The van der Waals surface area contributed by atoms with Gasteiger partial charge in [-0.1, -0.05) is 53.7 Å². The van der Waals surface area contributed by atoms with E-state index >= 15 is 0 Å². The van der Waals surface area contributed by atoms with Crippen LogP contribution in [-0.4, -0.2) is 24.3 Å². The lowest BCUT2D eigenvalue weighted by Gasteiger charge is -2.12. The highest BCUT2D eigenvalue weighted by Gasteiger charge is 2.06. The molecule has 3 aromatic rings. The molecular weight excluding hydrogens is 330 g/mol. The SMILES string of the molecule is Cc1cc(CNC(=O)NCCOc2ccccc2-c2ccccc2)no1. The average molecular weight is 351 g/mol. The number of benzene rings is 2. The minimum absolute atomic E-state index is 0.273. The van der Waals surface area contributed by atoms with Crippen molar-refractivity contribution in [3.8, 4) is 16.9 Å². The van der Waals surface area contributed by atoms with Crippen molar-refractivity contribution in [2.45, 2.75) is 13.5 Å². The fraction of sp³-hybridized carbons (Fsp3) is 0.200. The molecule has 1 aromatic heterocycles. The van der Waals surface area contributed by atoms with E-state index in [0.717, 1.165) is 16.9 Å². The van der Waals surface area contributed by atoms with Gasteiger partial charge in [-0.25, -0.2) is 4.79 Å². The van der Waals surface area contributed by atoms with Gasteiger partial charge in [0.2, 0.25) is 0 Å². The lowest BCUT2D eigenvalue weighted by molar-refractivity contribution is 0.236. The van der Waals surface area contributed by atoms with Gasteiger partial charge in [0.25, 0.3) is 0 Å². The van der Waals surface area contributed by atoms with E-state index in [-0.39, 0.29) is 6.03 Å². The Morgan fingerprint density at radius 3 is 2.62 bits per heavy atom. The van der Waals surface area contributed by atoms with Gasteiger partial charge in [0.15, 0.2) is 0 Å². The fourth-order valence-corrected chi connectivity index (χ4v) is 2.51. The summed E-state index contributed by atoms with van der Waals surface area (Å²) >= 11 is 0. The van der Waals surface area contributed by atoms with Gasteiger partial charge >= 0.3 is 6.03 Å². The summed E-state index contributed by atoms with van der Waals surface area (Å²) in [5.41, 5.74) is 2.81. The number of carbonyl (C=O) groups is 1. The van der Waals surface area contributed by atoms with Crippen molar-refractivity contribution in [2.75, 3.05) is 13.2 Å². The Hall–Kier alpha value is -3.28. The zero-order valence-corrected chi connectivity index (χ0v) is 14.6. The summed E-state index contributed by atoms with van der Waals surface area (Å²) in [6.07, 6.45) is 0. The molecule has 6 nitrogen and oxygen atoms in total. The molecule has 0 saturated heterocycles. The second-order valence-electron chi connectivity index (χ2n) is 5.75. The molecule has 2 N–H and O–H groups in total. The molecule has 0 bridgehead atoms. The number of nitrogens with one attached hydrogen (secondary N) is 2. The van der Waals surface area contributed by atoms with E-state index in [2.05, 4.69) is 15.8 Å². The second kappa shape index (κ2) is 8.71. The Morgan fingerprint density at radius 2 is 1.85 bits per heavy atom. The van der Waals surface area contributed by atoms with Crippen LogP contribution < -0.4 is 15.4 Å². The lowest BCUT2D eigenvalue weighted by Crippen LogP contribution is -2.37. The molecule has 0 unspecified atom stereocenters. The first-order chi connectivity index (χ1) is 12.7. The number of aryl methyl sites for hydroxylation is 1. The Labute approximate surface area is 152 Å². The molecule has 26 heavy (non-hydrogen) atoms. The predicted octanol–water partition coefficient (Wildman–Crippen LogP) is 3.53. The summed E-state index contributed by atoms with van der Waals surface area (Å²) in [7, 11) is 0. The molecule has 0 aliphatic rings. The molecule has 0 aliphatic heterocycles. The third-order valence-electron chi connectivity index (χ3n) is 3.72. The number of aromatic nitrogens is 1. The minimum Gasteiger partial charge on any atom is -0.491 e. The molecule has 2 amide bonds. The Kier molecular flexibility index (Phi) is 5.88. The maximum Gasteiger partial charge on any atom is 0.315 e. The quantitative estimate of drug-likeness (QED) is 0.639. The first-order valence-electron chi connectivity index (χ1n) is 8.43. The number of carbonyl (C=O) groups excluding carboxylic acids is 1. The van der Waals surface area contributed by atoms with Crippen LogP contribution in [-0.2, 0) is 6.54 Å². The summed E-state index contributed by atoms with van der Waals surface area (Å²) in [6.45, 7) is 2.90. The third kappa shape index (κ3) is 4.86. The van der Waals surface area contributed by atoms with Crippen LogP contribution in [0, 0.1) is 6.92 Å². The molecule has 0 atom stereocenters. The van der Waals surface area contributed by atoms with Gasteiger partial charge < -0.3 is 19.9 Å². The number of amides is 2. The van der Waals surface area contributed by atoms with E-state index in [1.807, 2.05) is 54.6 Å². The fourth-order valence-electron chi connectivity index (χ4n) is 2.51. The van der Waals surface area contributed by atoms with Crippen molar-refractivity contribution in [1.29, 1.82) is 0 Å². The average Bonchev–Trinajstić information content (AvgIpc) is 3.10. The Balaban J connectivity index is 1.44. The van der Waals surface area contributed by atoms with Gasteiger partial charge in [0.05, 0.1) is 13.1 Å². The number of hydrogen-bond acceptors (Lipinski definition) is 4. The lowest BCUT2D eigenvalue weighted by atomic mass is 10.1. The van der Waals surface area contributed by atoms with E-state index in [1.165, 1.54) is 0 Å². The van der Waals surface area contributed by atoms with Crippen LogP contribution in [0.1, 0.15) is 11.5 Å². The van der Waals surface area contributed by atoms with Gasteiger partial charge in [0, 0.05) is 11.6 Å². The first kappa shape index (κ1) is 17.5. The van der Waals surface area contributed by atoms with E-state index < -0.39 is 0 Å². The summed E-state index contributed by atoms with van der Waals surface area (Å²) in [4.78, 5) is 11.8. The molecule has 134 valence electrons. The molecular formula is C20H21N3O3. The van der Waals surface area contributed by atoms with Gasteiger partial charge in [-0.15, -0.1) is 0 Å². The van der Waals surface area contributed by atoms with E-state index in [9.17, 15) is 4.79 Å². The van der Waals surface area contributed by atoms with Crippen molar-refractivity contribution < 1.29 is 14.1 Å². The van der Waals surface area contributed by atoms with Crippen LogP contribution in [0.25, 0.3) is 11.1 Å². The monoisotopic (exact) mass is 351 g/mol. The molecule has 6 heteroatoms. The zero-order chi connectivity index (χ0) is 18.2. The van der Waals surface area contributed by atoms with E-state index in [0.29, 0.717) is 31.2 Å². The first-order valence-corrected chi connectivity index (χ1v) is 8.43. The zero-order valence-electron chi connectivity index (χ0n) is 14.6. The Morgan fingerprint density at radius 1 is 1.08 bits per heavy atom. The Bertz CT molecular complexity index is 846. The number of nitrogens with zero attached hydrogens (tertiary/aromatic N) is 1. The highest BCUT2D eigenvalue weighted by molar-refractivity contribution is 5.73. The molecule has 0 fully saturated rings. The van der Waals surface area contributed by atoms with Crippen LogP contribution >= 0.6 is 0 Å². The highest BCUT2D eigenvalue weighted by atomic mass is 16.5. The van der Waals surface area contributed by atoms with Crippen LogP contribution in [0.2, 0.25) is 0 Å². The molecule has 2 aromatic carbocycles. The van der Waals surface area contributed by atoms with Crippen molar-refractivity contribution in [1.82, 2.24) is 15.8 Å². The number of hydrogen-bond donors (Lipinski definition) is 2. The van der Waals surface area contributed by atoms with Gasteiger partial charge in [-0.05, 0) is 18.6 Å². The maximum atomic E-state index is 11.8. The number of rotatable bonds is 7. The molecule has 0 spiro atoms. The van der Waals surface area contributed by atoms with Gasteiger partial charge in [-0.2, -0.15) is 0 Å². The predicted molar refractivity (Wildman–Crippen MR) is 98.9 cm³/mol. The minimum atomic E-state index is -0.273. The maximum absolute atomic E-state index is 11.8. The summed E-state index contributed by atoms with van der Waals surface area (Å²) in [5, 5.41) is 9.30. The van der Waals surface area contributed by atoms with Crippen LogP contribution in [0.4, 0.5) is 4.79 Å². The number of urea groups is 1. The van der Waals surface area contributed by atoms with Gasteiger partial charge in [-0.3, -0.25) is 0 Å². The normalized spacial score (nSPS) is 10.3. The molecule has 0 radical (unpaired) electrons. The summed E-state index contributed by atoms with van der Waals surface area (Å²) in [6, 6.07) is 19.4. The smallest absolute Gasteiger partial charge is 0.315 e. The topological polar surface area (TPSA) is 76.4 Å². The van der Waals surface area contributed by atoms with E-state index in [4.69, 9.17) is 9.26 Å². The third-order valence-corrected chi connectivity index (χ3v) is 3.72. The van der Waals surface area contributed by atoms with E-state index in [1.54, 1.807) is 13.0 Å². The largest absolute Gasteiger partial charge is 0.491 e. The van der Waals surface area contributed by atoms with Gasteiger partial charge in [0.1, 0.15) is 23.8 Å². The van der Waals surface area contributed by atoms with Crippen LogP contribution in [0.5, 0.6) is 5.75 Å². The number of para-hydroxylation sites is 1. The standard InChI is InChI=1S/C20H21N3O3/c1-15-13-17(23-26-15)14-22-20(24)21-11-12-25-19-10-6-5-9-18(19)16-7-3-2-4-8-16/h2-10,13H,11-12,14H2,1H3,(H2,21,22,24). The molecule has 0 saturated carbocycles. The van der Waals surface area contributed by atoms with Crippen molar-refractivity contribution in [3.05, 3.63) is 72.1 Å². The highest BCUT2D eigenvalue weighted by Crippen LogP contribution is 2.29. The molecule has 1 heterocycles. The summed E-state index contributed by atoms with van der Waals surface area (Å²) < 4.78 is 10.8. The molecule has 3 rings (SSSR count). The van der Waals surface area contributed by atoms with Crippen LogP contribution in [0.15, 0.2) is 65.2 Å². The van der Waals surface area contributed by atoms with Crippen molar-refractivity contribution in [2.24, 2.45) is 0 Å². The second-order valence-corrected chi connectivity index (χ2v) is 5.75. The van der Waals surface area contributed by atoms with Crippen LogP contribution in [0.3, 0.4) is 0 Å². The molecule has 0 aliphatic carbocycles. The van der Waals surface area contributed by atoms with Crippen molar-refractivity contribution >= 4 is 6.03 Å². The summed E-state index contributed by atoms with van der Waals surface area (Å²) in [5.74, 6) is 1.51. The number of ether oxygens (including phenoxy) is 1.